The first kappa shape index (κ1) is 18.6. The maximum Gasteiger partial charge on any atom is 0.354 e. The third-order valence-corrected chi connectivity index (χ3v) is 3.64. The normalized spacial score (nSPS) is 10.1. The molecule has 1 N–H and O–H groups in total. The Hall–Kier alpha value is -3.23. The van der Waals surface area contributed by atoms with Gasteiger partial charge >= 0.3 is 5.97 Å². The van der Waals surface area contributed by atoms with Crippen LogP contribution in [0, 0.1) is 0 Å². The fourth-order valence-electron chi connectivity index (χ4n) is 2.12. The predicted octanol–water partition coefficient (Wildman–Crippen LogP) is 3.54. The molecular weight excluding hydrogens is 391 g/mol. The average Bonchev–Trinajstić information content (AvgIpc) is 3.30. The van der Waals surface area contributed by atoms with Crippen molar-refractivity contribution in [3.05, 3.63) is 83.4 Å². The van der Waals surface area contributed by atoms with Crippen LogP contribution in [0.25, 0.3) is 11.4 Å². The molecule has 27 heavy (non-hydrogen) atoms. The quantitative estimate of drug-likeness (QED) is 0.562. The summed E-state index contributed by atoms with van der Waals surface area (Å²) in [4.78, 5) is 18.7. The van der Waals surface area contributed by atoms with E-state index < -0.39 is 5.97 Å². The van der Waals surface area contributed by atoms with Crippen LogP contribution >= 0.6 is 23.2 Å². The Kier molecular flexibility index (Phi) is 5.80. The molecule has 0 aromatic carbocycles. The van der Waals surface area contributed by atoms with E-state index in [-0.39, 0.29) is 10.8 Å². The summed E-state index contributed by atoms with van der Waals surface area (Å²) in [6.07, 6.45) is 8.34. The summed E-state index contributed by atoms with van der Waals surface area (Å²) in [7, 11) is 0. The highest BCUT2D eigenvalue weighted by atomic mass is 35.5. The monoisotopic (exact) mass is 402 g/mol. The third-order valence-electron chi connectivity index (χ3n) is 3.26. The number of aromatic nitrogens is 6. The Balaban J connectivity index is 0.000000159. The van der Waals surface area contributed by atoms with Crippen molar-refractivity contribution >= 4 is 29.2 Å². The lowest BCUT2D eigenvalue weighted by Gasteiger charge is -2.02. The Morgan fingerprint density at radius 3 is 2.11 bits per heavy atom. The largest absolute Gasteiger partial charge is 0.477 e. The molecule has 10 heteroatoms. The minimum atomic E-state index is -1.08. The van der Waals surface area contributed by atoms with Crippen LogP contribution in [0.5, 0.6) is 0 Å². The molecule has 0 bridgehead atoms. The van der Waals surface area contributed by atoms with Crippen molar-refractivity contribution in [1.29, 1.82) is 0 Å². The van der Waals surface area contributed by atoms with Crippen molar-refractivity contribution in [3.63, 3.8) is 0 Å². The van der Waals surface area contributed by atoms with Crippen LogP contribution in [-0.4, -0.2) is 40.6 Å². The molecular formula is C17H12Cl2N6O2. The zero-order valence-electron chi connectivity index (χ0n) is 13.6. The predicted molar refractivity (Wildman–Crippen MR) is 99.7 cm³/mol. The van der Waals surface area contributed by atoms with E-state index in [2.05, 4.69) is 20.2 Å². The van der Waals surface area contributed by atoms with Gasteiger partial charge in [0.2, 0.25) is 0 Å². The number of hydrogen-bond donors (Lipinski definition) is 1. The second-order valence-electron chi connectivity index (χ2n) is 5.07. The fraction of sp³-hybridized carbons (Fsp3) is 0. The van der Waals surface area contributed by atoms with Crippen LogP contribution in [-0.2, 0) is 0 Å². The van der Waals surface area contributed by atoms with Gasteiger partial charge < -0.3 is 5.11 Å². The highest BCUT2D eigenvalue weighted by Crippen LogP contribution is 2.14. The van der Waals surface area contributed by atoms with Crippen LogP contribution < -0.4 is 0 Å². The van der Waals surface area contributed by atoms with Crippen LogP contribution in [0.15, 0.2) is 67.4 Å². The molecule has 4 heterocycles. The summed E-state index contributed by atoms with van der Waals surface area (Å²) in [5.41, 5.74) is 1.47. The number of aromatic carboxylic acids is 1. The highest BCUT2D eigenvalue weighted by molar-refractivity contribution is 6.29. The number of carbonyl (C=O) groups is 1. The molecule has 0 saturated carbocycles. The molecule has 0 amide bonds. The first-order chi connectivity index (χ1) is 13.0. The van der Waals surface area contributed by atoms with Gasteiger partial charge in [-0.2, -0.15) is 10.2 Å². The zero-order valence-corrected chi connectivity index (χ0v) is 15.2. The van der Waals surface area contributed by atoms with E-state index in [1.807, 2.05) is 12.1 Å². The highest BCUT2D eigenvalue weighted by Gasteiger charge is 2.14. The van der Waals surface area contributed by atoms with Gasteiger partial charge in [-0.05, 0) is 30.3 Å². The Morgan fingerprint density at radius 2 is 1.59 bits per heavy atom. The molecule has 8 nitrogen and oxygen atoms in total. The van der Waals surface area contributed by atoms with Crippen molar-refractivity contribution in [3.8, 4) is 11.4 Å². The van der Waals surface area contributed by atoms with Gasteiger partial charge in [-0.25, -0.2) is 14.2 Å². The lowest BCUT2D eigenvalue weighted by Crippen LogP contribution is -2.07. The second-order valence-corrected chi connectivity index (χ2v) is 5.85. The van der Waals surface area contributed by atoms with Gasteiger partial charge in [-0.3, -0.25) is 9.97 Å². The molecule has 0 aliphatic carbocycles. The SMILES string of the molecule is Clc1ccn(-c2cccnc2)n1.O=C(O)c1cc(Cl)nn1-c1cccnc1. The Morgan fingerprint density at radius 1 is 0.926 bits per heavy atom. The molecule has 0 aliphatic rings. The second kappa shape index (κ2) is 8.43. The lowest BCUT2D eigenvalue weighted by molar-refractivity contribution is 0.0687. The van der Waals surface area contributed by atoms with E-state index in [4.69, 9.17) is 28.3 Å². The van der Waals surface area contributed by atoms with E-state index in [1.165, 1.54) is 16.9 Å². The number of pyridine rings is 2. The number of hydrogen-bond acceptors (Lipinski definition) is 5. The van der Waals surface area contributed by atoms with Gasteiger partial charge in [-0.15, -0.1) is 0 Å². The molecule has 0 radical (unpaired) electrons. The Labute approximate surface area is 163 Å². The molecule has 4 aromatic rings. The molecule has 0 spiro atoms. The van der Waals surface area contributed by atoms with E-state index in [0.717, 1.165) is 5.69 Å². The maximum absolute atomic E-state index is 10.9. The van der Waals surface area contributed by atoms with Gasteiger partial charge in [0.05, 0.1) is 23.8 Å². The van der Waals surface area contributed by atoms with E-state index in [0.29, 0.717) is 10.8 Å². The van der Waals surface area contributed by atoms with Crippen LogP contribution in [0.1, 0.15) is 10.5 Å². The minimum Gasteiger partial charge on any atom is -0.477 e. The Bertz CT molecular complexity index is 1030. The van der Waals surface area contributed by atoms with Gasteiger partial charge in [0.15, 0.2) is 16.0 Å². The summed E-state index contributed by atoms with van der Waals surface area (Å²) in [6.45, 7) is 0. The van der Waals surface area contributed by atoms with Crippen LogP contribution in [0.2, 0.25) is 10.3 Å². The van der Waals surface area contributed by atoms with Crippen molar-refractivity contribution in [2.24, 2.45) is 0 Å². The summed E-state index contributed by atoms with van der Waals surface area (Å²) in [6, 6.07) is 10.2. The van der Waals surface area contributed by atoms with Crippen LogP contribution in [0.4, 0.5) is 0 Å². The van der Waals surface area contributed by atoms with E-state index >= 15 is 0 Å². The molecule has 4 rings (SSSR count). The molecule has 0 fully saturated rings. The summed E-state index contributed by atoms with van der Waals surface area (Å²) >= 11 is 11.3. The number of halogens is 2. The molecule has 4 aromatic heterocycles. The smallest absolute Gasteiger partial charge is 0.354 e. The average molecular weight is 403 g/mol. The molecule has 0 atom stereocenters. The molecule has 0 saturated heterocycles. The van der Waals surface area contributed by atoms with Crippen molar-refractivity contribution in [1.82, 2.24) is 29.5 Å². The van der Waals surface area contributed by atoms with E-state index in [1.54, 1.807) is 47.7 Å². The minimum absolute atomic E-state index is 0.00741. The molecule has 0 unspecified atom stereocenters. The van der Waals surface area contributed by atoms with Gasteiger partial charge in [0, 0.05) is 24.7 Å². The summed E-state index contributed by atoms with van der Waals surface area (Å²) in [5, 5.41) is 17.4. The van der Waals surface area contributed by atoms with Gasteiger partial charge in [0.25, 0.3) is 0 Å². The first-order valence-corrected chi connectivity index (χ1v) is 8.31. The number of carboxylic acid groups (broad SMARTS) is 1. The topological polar surface area (TPSA) is 98.7 Å². The standard InChI is InChI=1S/C9H6ClN3O2.C8H6ClN3/c10-8-4-7(9(14)15)13(12-8)6-2-1-3-11-5-6;9-8-3-5-12(11-8)7-2-1-4-10-6-7/h1-5H,(H,14,15);1-6H. The van der Waals surface area contributed by atoms with Crippen molar-refractivity contribution < 1.29 is 9.90 Å². The fourth-order valence-corrected chi connectivity index (χ4v) is 2.43. The third kappa shape index (κ3) is 4.69. The summed E-state index contributed by atoms with van der Waals surface area (Å²) in [5.74, 6) is -1.08. The number of carboxylic acids is 1. The number of rotatable bonds is 3. The van der Waals surface area contributed by atoms with Crippen LogP contribution in [0.3, 0.4) is 0 Å². The maximum atomic E-state index is 10.9. The van der Waals surface area contributed by atoms with Gasteiger partial charge in [-0.1, -0.05) is 23.2 Å². The molecule has 0 aliphatic heterocycles. The van der Waals surface area contributed by atoms with Crippen molar-refractivity contribution in [2.45, 2.75) is 0 Å². The van der Waals surface area contributed by atoms with Crippen molar-refractivity contribution in [2.75, 3.05) is 0 Å². The summed E-state index contributed by atoms with van der Waals surface area (Å²) < 4.78 is 2.91. The number of nitrogens with zero attached hydrogens (tertiary/aromatic N) is 6. The van der Waals surface area contributed by atoms with Gasteiger partial charge in [0.1, 0.15) is 0 Å². The zero-order chi connectivity index (χ0) is 19.2. The molecule has 136 valence electrons. The van der Waals surface area contributed by atoms with E-state index in [9.17, 15) is 4.79 Å². The first-order valence-electron chi connectivity index (χ1n) is 7.55. The lowest BCUT2D eigenvalue weighted by atomic mass is 10.4.